The normalized spacial score (nSPS) is 10.7. The summed E-state index contributed by atoms with van der Waals surface area (Å²) < 4.78 is 1.09. The summed E-state index contributed by atoms with van der Waals surface area (Å²) in [5.41, 5.74) is 5.75. The Morgan fingerprint density at radius 1 is 1.43 bits per heavy atom. The highest BCUT2D eigenvalue weighted by atomic mass is 127. The zero-order valence-electron chi connectivity index (χ0n) is 7.20. The monoisotopic (exact) mass is 298 g/mol. The summed E-state index contributed by atoms with van der Waals surface area (Å²) in [4.78, 5) is 10.7. The molecular formula is C10H7IN2O. The molecule has 1 amide bonds. The zero-order valence-corrected chi connectivity index (χ0v) is 9.36. The van der Waals surface area contributed by atoms with Gasteiger partial charge in [-0.3, -0.25) is 4.79 Å². The van der Waals surface area contributed by atoms with Crippen LogP contribution in [0.1, 0.15) is 5.56 Å². The molecule has 0 radical (unpaired) electrons. The number of nitrogens with zero attached hydrogens (tertiary/aromatic N) is 1. The lowest BCUT2D eigenvalue weighted by Crippen LogP contribution is -2.12. The van der Waals surface area contributed by atoms with Crippen molar-refractivity contribution in [2.24, 2.45) is 5.73 Å². The topological polar surface area (TPSA) is 66.9 Å². The lowest BCUT2D eigenvalue weighted by molar-refractivity contribution is -0.114. The van der Waals surface area contributed by atoms with E-state index < -0.39 is 5.91 Å². The van der Waals surface area contributed by atoms with Crippen LogP contribution in [-0.4, -0.2) is 5.91 Å². The zero-order chi connectivity index (χ0) is 10.6. The molecule has 70 valence electrons. The van der Waals surface area contributed by atoms with E-state index in [1.807, 2.05) is 24.3 Å². The van der Waals surface area contributed by atoms with E-state index in [1.54, 1.807) is 6.07 Å². The van der Waals surface area contributed by atoms with Crippen molar-refractivity contribution in [1.82, 2.24) is 0 Å². The van der Waals surface area contributed by atoms with Gasteiger partial charge in [-0.25, -0.2) is 0 Å². The van der Waals surface area contributed by atoms with Crippen LogP contribution in [0.3, 0.4) is 0 Å². The molecule has 1 aromatic rings. The Bertz CT molecular complexity index is 415. The van der Waals surface area contributed by atoms with Gasteiger partial charge in [-0.15, -0.1) is 0 Å². The molecule has 0 saturated heterocycles. The van der Waals surface area contributed by atoms with Crippen LogP contribution in [-0.2, 0) is 4.79 Å². The smallest absolute Gasteiger partial charge is 0.259 e. The minimum Gasteiger partial charge on any atom is -0.365 e. The molecule has 0 saturated carbocycles. The molecular weight excluding hydrogens is 291 g/mol. The molecule has 14 heavy (non-hydrogen) atoms. The number of carbonyl (C=O) groups is 1. The first-order valence-corrected chi connectivity index (χ1v) is 4.88. The van der Waals surface area contributed by atoms with E-state index >= 15 is 0 Å². The molecule has 0 fully saturated rings. The second-order valence-electron chi connectivity index (χ2n) is 2.59. The third kappa shape index (κ3) is 2.85. The quantitative estimate of drug-likeness (QED) is 0.513. The lowest BCUT2D eigenvalue weighted by Gasteiger charge is -1.94. The largest absolute Gasteiger partial charge is 0.365 e. The Hall–Kier alpha value is -1.35. The number of nitrogens with two attached hydrogens (primary N) is 1. The summed E-state index contributed by atoms with van der Waals surface area (Å²) in [5.74, 6) is -0.703. The van der Waals surface area contributed by atoms with E-state index in [0.29, 0.717) is 0 Å². The number of primary amides is 1. The van der Waals surface area contributed by atoms with Crippen molar-refractivity contribution in [2.75, 3.05) is 0 Å². The third-order valence-corrected chi connectivity index (χ3v) is 2.29. The van der Waals surface area contributed by atoms with E-state index in [2.05, 4.69) is 22.6 Å². The summed E-state index contributed by atoms with van der Waals surface area (Å²) in [6.07, 6.45) is 1.47. The number of benzene rings is 1. The molecule has 0 aliphatic rings. The molecule has 0 aromatic heterocycles. The maximum absolute atomic E-state index is 10.7. The van der Waals surface area contributed by atoms with E-state index in [-0.39, 0.29) is 5.57 Å². The number of hydrogen-bond donors (Lipinski definition) is 1. The average Bonchev–Trinajstić information content (AvgIpc) is 2.16. The van der Waals surface area contributed by atoms with Crippen LogP contribution in [0.2, 0.25) is 0 Å². The first-order valence-electron chi connectivity index (χ1n) is 3.80. The van der Waals surface area contributed by atoms with Crippen molar-refractivity contribution >= 4 is 34.6 Å². The second kappa shape index (κ2) is 4.77. The van der Waals surface area contributed by atoms with Crippen LogP contribution < -0.4 is 5.73 Å². The fraction of sp³-hybridized carbons (Fsp3) is 0. The van der Waals surface area contributed by atoms with Crippen molar-refractivity contribution in [3.63, 3.8) is 0 Å². The molecule has 2 N–H and O–H groups in total. The highest BCUT2D eigenvalue weighted by molar-refractivity contribution is 14.1. The maximum Gasteiger partial charge on any atom is 0.259 e. The Morgan fingerprint density at radius 2 is 2.00 bits per heavy atom. The molecule has 1 aromatic carbocycles. The SMILES string of the molecule is N#C/C(=C\c1ccc(I)cc1)C(N)=O. The molecule has 4 heteroatoms. The van der Waals surface area contributed by atoms with Gasteiger partial charge in [0.15, 0.2) is 0 Å². The minimum atomic E-state index is -0.703. The van der Waals surface area contributed by atoms with Crippen LogP contribution in [0.5, 0.6) is 0 Å². The molecule has 0 heterocycles. The molecule has 0 aliphatic heterocycles. The van der Waals surface area contributed by atoms with E-state index in [4.69, 9.17) is 11.0 Å². The van der Waals surface area contributed by atoms with Crippen molar-refractivity contribution in [3.8, 4) is 6.07 Å². The van der Waals surface area contributed by atoms with Crippen LogP contribution in [0, 0.1) is 14.9 Å². The molecule has 0 unspecified atom stereocenters. The summed E-state index contributed by atoms with van der Waals surface area (Å²) in [7, 11) is 0. The van der Waals surface area contributed by atoms with Crippen molar-refractivity contribution < 1.29 is 4.79 Å². The summed E-state index contributed by atoms with van der Waals surface area (Å²) in [6.45, 7) is 0. The average molecular weight is 298 g/mol. The van der Waals surface area contributed by atoms with Gasteiger partial charge in [0.1, 0.15) is 11.6 Å². The van der Waals surface area contributed by atoms with Crippen molar-refractivity contribution in [3.05, 3.63) is 39.0 Å². The number of nitriles is 1. The highest BCUT2D eigenvalue weighted by Gasteiger charge is 2.02. The first-order chi connectivity index (χ1) is 6.63. The molecule has 0 atom stereocenters. The van der Waals surface area contributed by atoms with Gasteiger partial charge in [-0.1, -0.05) is 12.1 Å². The van der Waals surface area contributed by atoms with Gasteiger partial charge < -0.3 is 5.73 Å². The Balaban J connectivity index is 3.03. The fourth-order valence-electron chi connectivity index (χ4n) is 0.884. The van der Waals surface area contributed by atoms with Gasteiger partial charge >= 0.3 is 0 Å². The highest BCUT2D eigenvalue weighted by Crippen LogP contribution is 2.10. The van der Waals surface area contributed by atoms with Gasteiger partial charge in [-0.05, 0) is 46.4 Å². The second-order valence-corrected chi connectivity index (χ2v) is 3.83. The Morgan fingerprint density at radius 3 is 2.43 bits per heavy atom. The molecule has 0 spiro atoms. The molecule has 1 rings (SSSR count). The summed E-state index contributed by atoms with van der Waals surface area (Å²) in [5, 5.41) is 8.59. The van der Waals surface area contributed by atoms with E-state index in [0.717, 1.165) is 9.13 Å². The lowest BCUT2D eigenvalue weighted by atomic mass is 10.1. The fourth-order valence-corrected chi connectivity index (χ4v) is 1.24. The van der Waals surface area contributed by atoms with Crippen molar-refractivity contribution in [2.45, 2.75) is 0 Å². The predicted octanol–water partition coefficient (Wildman–Crippen LogP) is 1.68. The van der Waals surface area contributed by atoms with Crippen molar-refractivity contribution in [1.29, 1.82) is 5.26 Å². The Labute approximate surface area is 95.4 Å². The van der Waals surface area contributed by atoms with Gasteiger partial charge in [0.2, 0.25) is 0 Å². The molecule has 0 aliphatic carbocycles. The van der Waals surface area contributed by atoms with E-state index in [1.165, 1.54) is 6.08 Å². The Kier molecular flexibility index (Phi) is 3.65. The van der Waals surface area contributed by atoms with Gasteiger partial charge in [0.05, 0.1) is 0 Å². The third-order valence-electron chi connectivity index (χ3n) is 1.57. The van der Waals surface area contributed by atoms with Crippen LogP contribution >= 0.6 is 22.6 Å². The van der Waals surface area contributed by atoms with Crippen LogP contribution in [0.4, 0.5) is 0 Å². The van der Waals surface area contributed by atoms with Gasteiger partial charge in [0.25, 0.3) is 5.91 Å². The number of rotatable bonds is 2. The summed E-state index contributed by atoms with van der Waals surface area (Å²) in [6, 6.07) is 9.17. The number of carbonyl (C=O) groups excluding carboxylic acids is 1. The van der Waals surface area contributed by atoms with Gasteiger partial charge in [0, 0.05) is 3.57 Å². The van der Waals surface area contributed by atoms with E-state index in [9.17, 15) is 4.79 Å². The number of hydrogen-bond acceptors (Lipinski definition) is 2. The molecule has 0 bridgehead atoms. The first kappa shape index (κ1) is 10.7. The maximum atomic E-state index is 10.7. The standard InChI is InChI=1S/C10H7IN2O/c11-9-3-1-7(2-4-9)5-8(6-12)10(13)14/h1-5H,(H2,13,14)/b8-5+. The van der Waals surface area contributed by atoms with Crippen LogP contribution in [0.15, 0.2) is 29.8 Å². The van der Waals surface area contributed by atoms with Gasteiger partial charge in [-0.2, -0.15) is 5.26 Å². The summed E-state index contributed by atoms with van der Waals surface area (Å²) >= 11 is 2.18. The number of halogens is 1. The minimum absolute atomic E-state index is 0.0359. The van der Waals surface area contributed by atoms with Crippen LogP contribution in [0.25, 0.3) is 6.08 Å². The molecule has 3 nitrogen and oxygen atoms in total. The number of amides is 1. The predicted molar refractivity (Wildman–Crippen MR) is 61.9 cm³/mol.